The molecule has 0 saturated heterocycles. The Kier molecular flexibility index (Phi) is 3.96. The molecular formula is C25H16BrN3O. The molecule has 4 nitrogen and oxygen atoms in total. The molecule has 1 atom stereocenters. The fourth-order valence-corrected chi connectivity index (χ4v) is 4.37. The van der Waals surface area contributed by atoms with E-state index in [4.69, 9.17) is 14.7 Å². The van der Waals surface area contributed by atoms with E-state index < -0.39 is 6.23 Å². The first-order valence-corrected chi connectivity index (χ1v) is 10.5. The number of fused-ring (bicyclic) bond motifs is 2. The maximum Gasteiger partial charge on any atom is 0.221 e. The summed E-state index contributed by atoms with van der Waals surface area (Å²) in [5, 5.41) is 0. The van der Waals surface area contributed by atoms with E-state index in [1.165, 1.54) is 0 Å². The third-order valence-corrected chi connectivity index (χ3v) is 5.90. The summed E-state index contributed by atoms with van der Waals surface area (Å²) in [6.45, 7) is 0. The Morgan fingerprint density at radius 1 is 0.833 bits per heavy atom. The SMILES string of the molecule is Brc1ccc2c(c1)-c1cc(-c3ccccc3)nc3c1C(N=CN3c1ccccc1)O2. The Labute approximate surface area is 182 Å². The second-order valence-electron chi connectivity index (χ2n) is 7.24. The lowest BCUT2D eigenvalue weighted by Crippen LogP contribution is -2.27. The number of aliphatic imine (C=N–C) groups is 1. The minimum atomic E-state index is -0.402. The van der Waals surface area contributed by atoms with Crippen LogP contribution in [-0.4, -0.2) is 11.3 Å². The van der Waals surface area contributed by atoms with Crippen molar-refractivity contribution in [1.29, 1.82) is 0 Å². The van der Waals surface area contributed by atoms with E-state index in [9.17, 15) is 0 Å². The lowest BCUT2D eigenvalue weighted by molar-refractivity contribution is 0.212. The Bertz CT molecular complexity index is 1290. The van der Waals surface area contributed by atoms with Crippen molar-refractivity contribution in [2.24, 2.45) is 4.99 Å². The molecule has 0 spiro atoms. The maximum atomic E-state index is 6.24. The van der Waals surface area contributed by atoms with Gasteiger partial charge in [0.1, 0.15) is 11.6 Å². The first kappa shape index (κ1) is 17.4. The third kappa shape index (κ3) is 2.74. The summed E-state index contributed by atoms with van der Waals surface area (Å²) in [4.78, 5) is 11.8. The molecule has 0 N–H and O–H groups in total. The van der Waals surface area contributed by atoms with Gasteiger partial charge in [-0.2, -0.15) is 0 Å². The van der Waals surface area contributed by atoms with Crippen molar-refractivity contribution in [3.05, 3.63) is 95.0 Å². The van der Waals surface area contributed by atoms with Crippen LogP contribution in [0.25, 0.3) is 22.4 Å². The van der Waals surface area contributed by atoms with Crippen LogP contribution in [0.15, 0.2) is 94.4 Å². The zero-order valence-electron chi connectivity index (χ0n) is 15.9. The second-order valence-corrected chi connectivity index (χ2v) is 8.15. The molecule has 1 aromatic heterocycles. The van der Waals surface area contributed by atoms with Crippen molar-refractivity contribution in [2.45, 2.75) is 6.23 Å². The van der Waals surface area contributed by atoms with Crippen molar-refractivity contribution in [1.82, 2.24) is 4.98 Å². The first-order chi connectivity index (χ1) is 14.8. The molecule has 2 aliphatic heterocycles. The van der Waals surface area contributed by atoms with Crippen molar-refractivity contribution < 1.29 is 4.74 Å². The van der Waals surface area contributed by atoms with Crippen LogP contribution in [0.2, 0.25) is 0 Å². The molecule has 30 heavy (non-hydrogen) atoms. The number of rotatable bonds is 2. The second kappa shape index (κ2) is 6.82. The van der Waals surface area contributed by atoms with Crippen molar-refractivity contribution >= 4 is 33.8 Å². The molecule has 0 aliphatic carbocycles. The summed E-state index contributed by atoms with van der Waals surface area (Å²) >= 11 is 3.61. The number of nitrogens with zero attached hydrogens (tertiary/aromatic N) is 3. The van der Waals surface area contributed by atoms with Gasteiger partial charge in [-0.25, -0.2) is 9.98 Å². The van der Waals surface area contributed by atoms with Gasteiger partial charge in [-0.1, -0.05) is 64.5 Å². The molecule has 6 rings (SSSR count). The third-order valence-electron chi connectivity index (χ3n) is 5.41. The molecule has 4 aromatic rings. The van der Waals surface area contributed by atoms with E-state index in [0.29, 0.717) is 0 Å². The highest BCUT2D eigenvalue weighted by Crippen LogP contribution is 2.50. The average molecular weight is 454 g/mol. The lowest BCUT2D eigenvalue weighted by atomic mass is 9.93. The number of para-hydroxylation sites is 1. The molecule has 3 aromatic carbocycles. The lowest BCUT2D eigenvalue weighted by Gasteiger charge is -2.34. The largest absolute Gasteiger partial charge is 0.464 e. The van der Waals surface area contributed by atoms with E-state index in [1.807, 2.05) is 59.8 Å². The van der Waals surface area contributed by atoms with Crippen LogP contribution in [0.4, 0.5) is 11.5 Å². The average Bonchev–Trinajstić information content (AvgIpc) is 2.81. The molecule has 0 saturated carbocycles. The van der Waals surface area contributed by atoms with Gasteiger partial charge in [0.15, 0.2) is 0 Å². The van der Waals surface area contributed by atoms with Gasteiger partial charge >= 0.3 is 0 Å². The van der Waals surface area contributed by atoms with Gasteiger partial charge < -0.3 is 4.74 Å². The fraction of sp³-hybridized carbons (Fsp3) is 0.0400. The highest BCUT2D eigenvalue weighted by Gasteiger charge is 2.34. The van der Waals surface area contributed by atoms with Gasteiger partial charge in [0.05, 0.1) is 17.6 Å². The first-order valence-electron chi connectivity index (χ1n) is 9.72. The van der Waals surface area contributed by atoms with Crippen molar-refractivity contribution in [3.8, 4) is 28.1 Å². The summed E-state index contributed by atoms with van der Waals surface area (Å²) in [5.41, 5.74) is 6.15. The highest BCUT2D eigenvalue weighted by atomic mass is 79.9. The quantitative estimate of drug-likeness (QED) is 0.336. The number of pyridine rings is 1. The van der Waals surface area contributed by atoms with Crippen LogP contribution in [0.1, 0.15) is 11.8 Å². The summed E-state index contributed by atoms with van der Waals surface area (Å²) in [6.07, 6.45) is 1.42. The maximum absolute atomic E-state index is 6.24. The van der Waals surface area contributed by atoms with Crippen LogP contribution in [0, 0.1) is 0 Å². The predicted octanol–water partition coefficient (Wildman–Crippen LogP) is 6.75. The number of hydrogen-bond acceptors (Lipinski definition) is 4. The van der Waals surface area contributed by atoms with Crippen molar-refractivity contribution in [3.63, 3.8) is 0 Å². The topological polar surface area (TPSA) is 37.7 Å². The molecule has 1 unspecified atom stereocenters. The smallest absolute Gasteiger partial charge is 0.221 e. The van der Waals surface area contributed by atoms with Crippen LogP contribution >= 0.6 is 15.9 Å². The zero-order valence-corrected chi connectivity index (χ0v) is 17.5. The number of halogens is 1. The highest BCUT2D eigenvalue weighted by molar-refractivity contribution is 9.10. The van der Waals surface area contributed by atoms with Crippen LogP contribution in [0.5, 0.6) is 5.75 Å². The van der Waals surface area contributed by atoms with Gasteiger partial charge in [-0.15, -0.1) is 0 Å². The molecule has 0 fully saturated rings. The summed E-state index contributed by atoms with van der Waals surface area (Å²) in [6, 6.07) is 28.7. The molecule has 0 amide bonds. The summed E-state index contributed by atoms with van der Waals surface area (Å²) < 4.78 is 7.25. The van der Waals surface area contributed by atoms with Gasteiger partial charge in [0.2, 0.25) is 6.23 Å². The molecule has 0 bridgehead atoms. The number of ether oxygens (including phenoxy) is 1. The van der Waals surface area contributed by atoms with E-state index >= 15 is 0 Å². The Morgan fingerprint density at radius 3 is 2.40 bits per heavy atom. The standard InChI is InChI=1S/C25H16BrN3O/c26-17-11-12-22-19(13-17)20-14-21(16-7-3-1-4-8-16)28-24-23(20)25(30-22)27-15-29(24)18-9-5-2-6-10-18/h1-15,25H. The van der Waals surface area contributed by atoms with E-state index in [0.717, 1.165) is 49.7 Å². The normalized spacial score (nSPS) is 15.9. The summed E-state index contributed by atoms with van der Waals surface area (Å²) in [7, 11) is 0. The minimum Gasteiger partial charge on any atom is -0.464 e. The van der Waals surface area contributed by atoms with Crippen molar-refractivity contribution in [2.75, 3.05) is 4.90 Å². The number of aromatic nitrogens is 1. The summed E-state index contributed by atoms with van der Waals surface area (Å²) in [5.74, 6) is 1.68. The molecule has 2 aliphatic rings. The van der Waals surface area contributed by atoms with Gasteiger partial charge in [-0.05, 0) is 36.4 Å². The van der Waals surface area contributed by atoms with Crippen LogP contribution in [-0.2, 0) is 0 Å². The van der Waals surface area contributed by atoms with E-state index in [1.54, 1.807) is 0 Å². The monoisotopic (exact) mass is 453 g/mol. The molecule has 144 valence electrons. The number of benzene rings is 3. The predicted molar refractivity (Wildman–Crippen MR) is 123 cm³/mol. The Balaban J connectivity index is 1.65. The number of anilines is 2. The Hall–Kier alpha value is -3.44. The molecular weight excluding hydrogens is 438 g/mol. The number of hydrogen-bond donors (Lipinski definition) is 0. The van der Waals surface area contributed by atoms with Crippen LogP contribution in [0.3, 0.4) is 0 Å². The Morgan fingerprint density at radius 2 is 1.60 bits per heavy atom. The zero-order chi connectivity index (χ0) is 20.1. The molecule has 5 heteroatoms. The van der Waals surface area contributed by atoms with Gasteiger partial charge in [0, 0.05) is 26.9 Å². The minimum absolute atomic E-state index is 0.402. The van der Waals surface area contributed by atoms with E-state index in [2.05, 4.69) is 52.3 Å². The van der Waals surface area contributed by atoms with Gasteiger partial charge in [0.25, 0.3) is 0 Å². The van der Waals surface area contributed by atoms with Crippen LogP contribution < -0.4 is 9.64 Å². The van der Waals surface area contributed by atoms with E-state index in [-0.39, 0.29) is 0 Å². The molecule has 0 radical (unpaired) electrons. The molecule has 3 heterocycles. The fourth-order valence-electron chi connectivity index (χ4n) is 4.01. The van der Waals surface area contributed by atoms with Gasteiger partial charge in [-0.3, -0.25) is 4.90 Å².